The van der Waals surface area contributed by atoms with E-state index in [1.807, 2.05) is 6.92 Å². The van der Waals surface area contributed by atoms with Gasteiger partial charge in [-0.05, 0) is 32.1 Å². The molecule has 2 fully saturated rings. The summed E-state index contributed by atoms with van der Waals surface area (Å²) in [5, 5.41) is 11.9. The normalized spacial score (nSPS) is 32.2. The second-order valence-electron chi connectivity index (χ2n) is 7.68. The molecule has 2 aliphatic rings. The van der Waals surface area contributed by atoms with Crippen molar-refractivity contribution in [3.63, 3.8) is 0 Å². The van der Waals surface area contributed by atoms with E-state index in [-0.39, 0.29) is 29.7 Å². The highest BCUT2D eigenvalue weighted by Gasteiger charge is 2.70. The maximum atomic E-state index is 12.3. The number of rotatable bonds is 4. The number of aliphatic carboxylic acids is 1. The van der Waals surface area contributed by atoms with E-state index < -0.39 is 23.7 Å². The van der Waals surface area contributed by atoms with E-state index in [1.54, 1.807) is 20.8 Å². The summed E-state index contributed by atoms with van der Waals surface area (Å²) in [7, 11) is 0. The number of carboxylic acids is 1. The highest BCUT2D eigenvalue weighted by molar-refractivity contribution is 5.88. The molecule has 0 spiro atoms. The fourth-order valence-corrected chi connectivity index (χ4v) is 3.73. The van der Waals surface area contributed by atoms with Crippen LogP contribution in [-0.2, 0) is 14.3 Å². The number of amides is 2. The zero-order valence-corrected chi connectivity index (χ0v) is 14.4. The number of piperidine rings is 1. The molecule has 1 aliphatic carbocycles. The number of likely N-dealkylation sites (tertiary alicyclic amines) is 1. The lowest BCUT2D eigenvalue weighted by Crippen LogP contribution is -2.49. The summed E-state index contributed by atoms with van der Waals surface area (Å²) in [6, 6.07) is -0.794. The molecule has 130 valence electrons. The molecule has 2 rings (SSSR count). The van der Waals surface area contributed by atoms with Crippen LogP contribution in [0.5, 0.6) is 0 Å². The zero-order valence-electron chi connectivity index (χ0n) is 14.4. The number of hydrogen-bond donors (Lipinski definition) is 2. The van der Waals surface area contributed by atoms with Gasteiger partial charge in [0.1, 0.15) is 18.2 Å². The molecule has 4 atom stereocenters. The SMILES string of the molecule is CCC1(C)C2CN(C(=O)CNC(=O)OC(C)(C)C)[C@H](C(=O)O)C21. The number of carbonyl (C=O) groups is 3. The predicted octanol–water partition coefficient (Wildman–Crippen LogP) is 1.47. The largest absolute Gasteiger partial charge is 0.480 e. The molecule has 1 heterocycles. The van der Waals surface area contributed by atoms with Crippen LogP contribution in [0.1, 0.15) is 41.0 Å². The molecule has 0 radical (unpaired) electrons. The summed E-state index contributed by atoms with van der Waals surface area (Å²) in [4.78, 5) is 36.8. The van der Waals surface area contributed by atoms with Crippen LogP contribution in [0.2, 0.25) is 0 Å². The molecule has 3 unspecified atom stereocenters. The standard InChI is InChI=1S/C16H26N2O5/c1-6-16(5)9-8-18(12(11(9)16)13(20)21)10(19)7-17-14(22)23-15(2,3)4/h9,11-12H,6-8H2,1-5H3,(H,17,22)(H,20,21)/t9?,11?,12-,16?/m0/s1. The van der Waals surface area contributed by atoms with E-state index in [1.165, 1.54) is 4.90 Å². The van der Waals surface area contributed by atoms with Gasteiger partial charge in [-0.1, -0.05) is 20.3 Å². The predicted molar refractivity (Wildman–Crippen MR) is 82.8 cm³/mol. The van der Waals surface area contributed by atoms with Crippen molar-refractivity contribution in [1.82, 2.24) is 10.2 Å². The van der Waals surface area contributed by atoms with Gasteiger partial charge in [-0.3, -0.25) is 4.79 Å². The van der Waals surface area contributed by atoms with E-state index in [0.29, 0.717) is 6.54 Å². The Bertz CT molecular complexity index is 527. The molecule has 0 bridgehead atoms. The Balaban J connectivity index is 1.93. The van der Waals surface area contributed by atoms with Crippen LogP contribution in [0, 0.1) is 17.3 Å². The lowest BCUT2D eigenvalue weighted by Gasteiger charge is -2.29. The molecule has 1 saturated carbocycles. The van der Waals surface area contributed by atoms with Crippen LogP contribution < -0.4 is 5.32 Å². The fraction of sp³-hybridized carbons (Fsp3) is 0.812. The Morgan fingerprint density at radius 2 is 1.96 bits per heavy atom. The molecule has 23 heavy (non-hydrogen) atoms. The van der Waals surface area contributed by atoms with E-state index in [0.717, 1.165) is 6.42 Å². The molecule has 2 amide bonds. The van der Waals surface area contributed by atoms with E-state index in [9.17, 15) is 19.5 Å². The summed E-state index contributed by atoms with van der Waals surface area (Å²) >= 11 is 0. The van der Waals surface area contributed by atoms with Gasteiger partial charge in [-0.25, -0.2) is 9.59 Å². The number of ether oxygens (including phenoxy) is 1. The molecule has 7 heteroatoms. The van der Waals surface area contributed by atoms with Gasteiger partial charge in [0.25, 0.3) is 0 Å². The summed E-state index contributed by atoms with van der Waals surface area (Å²) in [5.41, 5.74) is -0.632. The Hall–Kier alpha value is -1.79. The van der Waals surface area contributed by atoms with Gasteiger partial charge in [-0.15, -0.1) is 0 Å². The van der Waals surface area contributed by atoms with Crippen molar-refractivity contribution in [2.75, 3.05) is 13.1 Å². The van der Waals surface area contributed by atoms with Crippen molar-refractivity contribution in [2.45, 2.75) is 52.7 Å². The van der Waals surface area contributed by atoms with Gasteiger partial charge in [0.15, 0.2) is 0 Å². The molecule has 7 nitrogen and oxygen atoms in total. The minimum atomic E-state index is -0.972. The highest BCUT2D eigenvalue weighted by Crippen LogP contribution is 2.66. The van der Waals surface area contributed by atoms with Crippen LogP contribution in [0.3, 0.4) is 0 Å². The monoisotopic (exact) mass is 326 g/mol. The maximum absolute atomic E-state index is 12.3. The average molecular weight is 326 g/mol. The third kappa shape index (κ3) is 3.28. The van der Waals surface area contributed by atoms with Gasteiger partial charge in [-0.2, -0.15) is 0 Å². The van der Waals surface area contributed by atoms with Crippen molar-refractivity contribution >= 4 is 18.0 Å². The van der Waals surface area contributed by atoms with Crippen molar-refractivity contribution in [3.05, 3.63) is 0 Å². The molecule has 0 aromatic heterocycles. The minimum absolute atomic E-state index is 0.00970. The first-order valence-electron chi connectivity index (χ1n) is 8.00. The lowest BCUT2D eigenvalue weighted by atomic mass is 9.96. The highest BCUT2D eigenvalue weighted by atomic mass is 16.6. The first kappa shape index (κ1) is 17.6. The number of hydrogen-bond acceptors (Lipinski definition) is 4. The quantitative estimate of drug-likeness (QED) is 0.815. The number of alkyl carbamates (subject to hydrolysis) is 1. The summed E-state index contributed by atoms with van der Waals surface area (Å²) in [5.74, 6) is -1.11. The number of carboxylic acid groups (broad SMARTS) is 1. The molecule has 0 aromatic carbocycles. The van der Waals surface area contributed by atoms with Crippen LogP contribution in [0.25, 0.3) is 0 Å². The zero-order chi connectivity index (χ0) is 17.6. The number of nitrogens with zero attached hydrogens (tertiary/aromatic N) is 1. The first-order chi connectivity index (χ1) is 10.5. The fourth-order valence-electron chi connectivity index (χ4n) is 3.73. The van der Waals surface area contributed by atoms with Gasteiger partial charge in [0.05, 0.1) is 0 Å². The third-order valence-electron chi connectivity index (χ3n) is 5.12. The minimum Gasteiger partial charge on any atom is -0.480 e. The van der Waals surface area contributed by atoms with Crippen LogP contribution in [-0.4, -0.2) is 52.7 Å². The second kappa shape index (κ2) is 5.69. The average Bonchev–Trinajstić information content (AvgIpc) is 2.82. The van der Waals surface area contributed by atoms with Gasteiger partial charge in [0.2, 0.25) is 5.91 Å². The Morgan fingerprint density at radius 1 is 1.35 bits per heavy atom. The Kier molecular flexibility index (Phi) is 4.34. The van der Waals surface area contributed by atoms with E-state index in [4.69, 9.17) is 4.74 Å². The molecule has 1 aliphatic heterocycles. The Labute approximate surface area is 136 Å². The number of nitrogens with one attached hydrogen (secondary N) is 1. The van der Waals surface area contributed by atoms with Crippen LogP contribution >= 0.6 is 0 Å². The van der Waals surface area contributed by atoms with E-state index in [2.05, 4.69) is 12.2 Å². The van der Waals surface area contributed by atoms with Crippen molar-refractivity contribution in [3.8, 4) is 0 Å². The third-order valence-corrected chi connectivity index (χ3v) is 5.12. The van der Waals surface area contributed by atoms with Crippen molar-refractivity contribution in [1.29, 1.82) is 0 Å². The van der Waals surface area contributed by atoms with Crippen molar-refractivity contribution in [2.24, 2.45) is 17.3 Å². The van der Waals surface area contributed by atoms with Crippen LogP contribution in [0.4, 0.5) is 4.79 Å². The molecule has 1 saturated heterocycles. The van der Waals surface area contributed by atoms with Gasteiger partial charge < -0.3 is 20.1 Å². The van der Waals surface area contributed by atoms with Crippen molar-refractivity contribution < 1.29 is 24.2 Å². The summed E-state index contributed by atoms with van der Waals surface area (Å²) < 4.78 is 5.07. The summed E-state index contributed by atoms with van der Waals surface area (Å²) in [6.07, 6.45) is 0.227. The first-order valence-corrected chi connectivity index (χ1v) is 8.00. The smallest absolute Gasteiger partial charge is 0.408 e. The second-order valence-corrected chi connectivity index (χ2v) is 7.68. The van der Waals surface area contributed by atoms with E-state index >= 15 is 0 Å². The maximum Gasteiger partial charge on any atom is 0.408 e. The Morgan fingerprint density at radius 3 is 2.43 bits per heavy atom. The number of carbonyl (C=O) groups excluding carboxylic acids is 2. The molecule has 0 aromatic rings. The lowest BCUT2D eigenvalue weighted by molar-refractivity contribution is -0.150. The molecular formula is C16H26N2O5. The van der Waals surface area contributed by atoms with Gasteiger partial charge in [0, 0.05) is 12.5 Å². The van der Waals surface area contributed by atoms with Crippen LogP contribution in [0.15, 0.2) is 0 Å². The molecule has 2 N–H and O–H groups in total. The molecular weight excluding hydrogens is 300 g/mol. The summed E-state index contributed by atoms with van der Waals surface area (Å²) in [6.45, 7) is 9.52. The topological polar surface area (TPSA) is 95.9 Å². The van der Waals surface area contributed by atoms with Gasteiger partial charge >= 0.3 is 12.1 Å². The number of fused-ring (bicyclic) bond motifs is 1.